The maximum atomic E-state index is 11.2. The summed E-state index contributed by atoms with van der Waals surface area (Å²) in [6, 6.07) is 0. The fourth-order valence-corrected chi connectivity index (χ4v) is 1.57. The summed E-state index contributed by atoms with van der Waals surface area (Å²) in [6.07, 6.45) is 1.69. The van der Waals surface area contributed by atoms with Gasteiger partial charge in [0.05, 0.1) is 11.7 Å². The van der Waals surface area contributed by atoms with Crippen LogP contribution in [0, 0.1) is 0 Å². The van der Waals surface area contributed by atoms with Crippen LogP contribution < -0.4 is 0 Å². The second-order valence-electron chi connectivity index (χ2n) is 4.67. The summed E-state index contributed by atoms with van der Waals surface area (Å²) in [5.41, 5.74) is -0.105. The molecule has 1 rings (SSSR count). The van der Waals surface area contributed by atoms with Gasteiger partial charge < -0.3 is 9.64 Å². The van der Waals surface area contributed by atoms with Gasteiger partial charge in [-0.1, -0.05) is 0 Å². The van der Waals surface area contributed by atoms with Crippen LogP contribution in [0.25, 0.3) is 0 Å². The van der Waals surface area contributed by atoms with Crippen molar-refractivity contribution in [3.05, 3.63) is 0 Å². The molecule has 0 bridgehead atoms. The summed E-state index contributed by atoms with van der Waals surface area (Å²) < 4.78 is 5.80. The summed E-state index contributed by atoms with van der Waals surface area (Å²) >= 11 is 0. The van der Waals surface area contributed by atoms with Crippen molar-refractivity contribution in [1.82, 2.24) is 4.90 Å². The van der Waals surface area contributed by atoms with Crippen molar-refractivity contribution in [2.45, 2.75) is 45.3 Å². The first kappa shape index (κ1) is 10.5. The van der Waals surface area contributed by atoms with Crippen molar-refractivity contribution < 1.29 is 9.53 Å². The maximum Gasteiger partial charge on any atom is 0.222 e. The summed E-state index contributed by atoms with van der Waals surface area (Å²) in [6.45, 7) is 6.87. The van der Waals surface area contributed by atoms with Crippen molar-refractivity contribution >= 4 is 5.91 Å². The summed E-state index contributed by atoms with van der Waals surface area (Å²) in [7, 11) is 1.83. The highest BCUT2D eigenvalue weighted by molar-refractivity contribution is 5.76. The van der Waals surface area contributed by atoms with E-state index >= 15 is 0 Å². The molecule has 1 saturated heterocycles. The zero-order valence-electron chi connectivity index (χ0n) is 8.96. The normalized spacial score (nSPS) is 25.1. The van der Waals surface area contributed by atoms with Crippen LogP contribution in [0.2, 0.25) is 0 Å². The fraction of sp³-hybridized carbons (Fsp3) is 0.900. The first-order valence-electron chi connectivity index (χ1n) is 4.80. The number of hydrogen-bond acceptors (Lipinski definition) is 2. The number of amides is 1. The molecule has 0 saturated carbocycles. The highest BCUT2D eigenvalue weighted by atomic mass is 16.5. The predicted octanol–water partition coefficient (Wildman–Crippen LogP) is 1.42. The van der Waals surface area contributed by atoms with E-state index in [0.29, 0.717) is 6.42 Å². The predicted molar refractivity (Wildman–Crippen MR) is 51.5 cm³/mol. The summed E-state index contributed by atoms with van der Waals surface area (Å²) in [4.78, 5) is 12.9. The van der Waals surface area contributed by atoms with Gasteiger partial charge in [0.15, 0.2) is 0 Å². The summed E-state index contributed by atoms with van der Waals surface area (Å²) in [5, 5.41) is 0. The molecule has 76 valence electrons. The van der Waals surface area contributed by atoms with E-state index in [1.54, 1.807) is 4.90 Å². The van der Waals surface area contributed by atoms with Crippen LogP contribution in [0.15, 0.2) is 0 Å². The Balaban J connectivity index is 2.42. The van der Waals surface area contributed by atoms with Crippen LogP contribution in [0.5, 0.6) is 0 Å². The number of likely N-dealkylation sites (tertiary alicyclic amines) is 1. The zero-order valence-corrected chi connectivity index (χ0v) is 8.96. The molecule has 0 N–H and O–H groups in total. The van der Waals surface area contributed by atoms with E-state index < -0.39 is 0 Å². The van der Waals surface area contributed by atoms with Crippen LogP contribution in [0.3, 0.4) is 0 Å². The molecule has 3 nitrogen and oxygen atoms in total. The number of rotatable bonds is 1. The van der Waals surface area contributed by atoms with Crippen molar-refractivity contribution in [2.75, 3.05) is 13.6 Å². The first-order valence-corrected chi connectivity index (χ1v) is 4.80. The molecule has 1 aliphatic heterocycles. The molecular formula is C10H19NO2. The Morgan fingerprint density at radius 1 is 1.46 bits per heavy atom. The van der Waals surface area contributed by atoms with Gasteiger partial charge in [-0.3, -0.25) is 4.79 Å². The number of ether oxygens (including phenoxy) is 1. The summed E-state index contributed by atoms with van der Waals surface area (Å²) in [5.74, 6) is 0.230. The molecule has 0 radical (unpaired) electrons. The first-order chi connectivity index (χ1) is 5.88. The number of nitrogens with zero attached hydrogens (tertiary/aromatic N) is 1. The van der Waals surface area contributed by atoms with Gasteiger partial charge in [0.2, 0.25) is 5.91 Å². The monoisotopic (exact) mass is 185 g/mol. The van der Waals surface area contributed by atoms with Gasteiger partial charge in [0.25, 0.3) is 0 Å². The highest BCUT2D eigenvalue weighted by Gasteiger charge is 2.26. The molecule has 0 aliphatic carbocycles. The molecule has 0 aromatic heterocycles. The molecular weight excluding hydrogens is 166 g/mol. The number of hydrogen-bond donors (Lipinski definition) is 0. The highest BCUT2D eigenvalue weighted by Crippen LogP contribution is 2.19. The largest absolute Gasteiger partial charge is 0.371 e. The van der Waals surface area contributed by atoms with E-state index in [2.05, 4.69) is 0 Å². The molecule has 0 spiro atoms. The van der Waals surface area contributed by atoms with E-state index in [0.717, 1.165) is 13.0 Å². The number of carbonyl (C=O) groups excluding carboxylic acids is 1. The lowest BCUT2D eigenvalue weighted by Crippen LogP contribution is -2.43. The second-order valence-corrected chi connectivity index (χ2v) is 4.67. The van der Waals surface area contributed by atoms with E-state index in [9.17, 15) is 4.79 Å². The minimum atomic E-state index is -0.105. The van der Waals surface area contributed by atoms with Gasteiger partial charge in [0.1, 0.15) is 0 Å². The van der Waals surface area contributed by atoms with E-state index in [1.807, 2.05) is 27.8 Å². The third-order valence-electron chi connectivity index (χ3n) is 2.10. The Hall–Kier alpha value is -0.570. The Morgan fingerprint density at radius 2 is 2.08 bits per heavy atom. The molecule has 1 atom stereocenters. The molecule has 1 aliphatic rings. The fourth-order valence-electron chi connectivity index (χ4n) is 1.57. The van der Waals surface area contributed by atoms with Crippen molar-refractivity contribution in [2.24, 2.45) is 0 Å². The maximum absolute atomic E-state index is 11.2. The molecule has 1 unspecified atom stereocenters. The number of carbonyl (C=O) groups is 1. The Kier molecular flexibility index (Phi) is 2.96. The second kappa shape index (κ2) is 3.66. The van der Waals surface area contributed by atoms with Crippen LogP contribution >= 0.6 is 0 Å². The minimum Gasteiger partial charge on any atom is -0.371 e. The average Bonchev–Trinajstić information content (AvgIpc) is 1.94. The smallest absolute Gasteiger partial charge is 0.222 e. The van der Waals surface area contributed by atoms with Gasteiger partial charge in [0, 0.05) is 20.0 Å². The Morgan fingerprint density at radius 3 is 2.54 bits per heavy atom. The molecule has 1 fully saturated rings. The van der Waals surface area contributed by atoms with Crippen molar-refractivity contribution in [3.63, 3.8) is 0 Å². The van der Waals surface area contributed by atoms with E-state index in [1.165, 1.54) is 0 Å². The quantitative estimate of drug-likeness (QED) is 0.618. The number of likely N-dealkylation sites (N-methyl/N-ethyl adjacent to an activating group) is 1. The minimum absolute atomic E-state index is 0.105. The topological polar surface area (TPSA) is 29.5 Å². The van der Waals surface area contributed by atoms with Crippen molar-refractivity contribution in [1.29, 1.82) is 0 Å². The standard InChI is InChI=1S/C10H19NO2/c1-10(2,3)13-8-5-6-9(12)11(4)7-8/h8H,5-7H2,1-4H3. The molecule has 1 heterocycles. The lowest BCUT2D eigenvalue weighted by atomic mass is 10.1. The average molecular weight is 185 g/mol. The molecule has 0 aromatic rings. The van der Waals surface area contributed by atoms with Crippen LogP contribution in [-0.4, -0.2) is 36.1 Å². The lowest BCUT2D eigenvalue weighted by molar-refractivity contribution is -0.142. The third kappa shape index (κ3) is 3.35. The third-order valence-corrected chi connectivity index (χ3v) is 2.10. The molecule has 1 amide bonds. The zero-order chi connectivity index (χ0) is 10.1. The Bertz CT molecular complexity index is 196. The van der Waals surface area contributed by atoms with Crippen LogP contribution in [0.4, 0.5) is 0 Å². The van der Waals surface area contributed by atoms with E-state index in [-0.39, 0.29) is 17.6 Å². The molecule has 3 heteroatoms. The lowest BCUT2D eigenvalue weighted by Gasteiger charge is -2.34. The number of piperidine rings is 1. The van der Waals surface area contributed by atoms with Gasteiger partial charge in [-0.2, -0.15) is 0 Å². The SMILES string of the molecule is CN1CC(OC(C)(C)C)CCC1=O. The van der Waals surface area contributed by atoms with Crippen LogP contribution in [0.1, 0.15) is 33.6 Å². The van der Waals surface area contributed by atoms with Gasteiger partial charge >= 0.3 is 0 Å². The van der Waals surface area contributed by atoms with Crippen LogP contribution in [-0.2, 0) is 9.53 Å². The van der Waals surface area contributed by atoms with Gasteiger partial charge in [-0.15, -0.1) is 0 Å². The molecule has 0 aromatic carbocycles. The Labute approximate surface area is 80.1 Å². The van der Waals surface area contributed by atoms with E-state index in [4.69, 9.17) is 4.74 Å². The van der Waals surface area contributed by atoms with Crippen molar-refractivity contribution in [3.8, 4) is 0 Å². The van der Waals surface area contributed by atoms with Gasteiger partial charge in [-0.25, -0.2) is 0 Å². The molecule has 13 heavy (non-hydrogen) atoms. The van der Waals surface area contributed by atoms with Gasteiger partial charge in [-0.05, 0) is 27.2 Å².